The topological polar surface area (TPSA) is 50.9 Å². The molecule has 0 atom stereocenters. The number of aliphatic hydroxyl groups is 1. The molecule has 0 aliphatic rings. The van der Waals surface area contributed by atoms with E-state index in [2.05, 4.69) is 10.3 Å². The van der Waals surface area contributed by atoms with Gasteiger partial charge in [-0.1, -0.05) is 5.21 Å². The Morgan fingerprint density at radius 1 is 1.22 bits per heavy atom. The van der Waals surface area contributed by atoms with E-state index in [9.17, 15) is 13.9 Å². The van der Waals surface area contributed by atoms with Crippen LogP contribution in [0, 0.1) is 11.6 Å². The molecule has 4 nitrogen and oxygen atoms in total. The van der Waals surface area contributed by atoms with E-state index in [1.54, 1.807) is 20.0 Å². The minimum atomic E-state index is -1.09. The van der Waals surface area contributed by atoms with Crippen LogP contribution < -0.4 is 0 Å². The van der Waals surface area contributed by atoms with Gasteiger partial charge in [-0.2, -0.15) is 0 Å². The number of hydrogen-bond acceptors (Lipinski definition) is 3. The SMILES string of the molecule is CC(C)(O)c1cn(Cc2cc(F)cc(F)c2)nn1. The van der Waals surface area contributed by atoms with Gasteiger partial charge in [-0.25, -0.2) is 13.5 Å². The number of halogens is 2. The van der Waals surface area contributed by atoms with Crippen molar-refractivity contribution in [3.8, 4) is 0 Å². The fourth-order valence-corrected chi connectivity index (χ4v) is 1.55. The smallest absolute Gasteiger partial charge is 0.126 e. The first-order valence-electron chi connectivity index (χ1n) is 5.42. The van der Waals surface area contributed by atoms with Crippen molar-refractivity contribution in [3.05, 3.63) is 47.3 Å². The quantitative estimate of drug-likeness (QED) is 0.908. The average Bonchev–Trinajstić information content (AvgIpc) is 2.63. The number of aromatic nitrogens is 3. The van der Waals surface area contributed by atoms with Crippen LogP contribution in [0.3, 0.4) is 0 Å². The first kappa shape index (κ1) is 12.6. The van der Waals surface area contributed by atoms with Crippen molar-refractivity contribution in [1.29, 1.82) is 0 Å². The summed E-state index contributed by atoms with van der Waals surface area (Å²) in [5, 5.41) is 17.3. The van der Waals surface area contributed by atoms with Gasteiger partial charge in [0.1, 0.15) is 22.9 Å². The van der Waals surface area contributed by atoms with Crippen LogP contribution in [0.4, 0.5) is 8.78 Å². The maximum absolute atomic E-state index is 13.0. The van der Waals surface area contributed by atoms with Crippen LogP contribution in [0.1, 0.15) is 25.1 Å². The van der Waals surface area contributed by atoms with Gasteiger partial charge in [-0.15, -0.1) is 5.10 Å². The zero-order chi connectivity index (χ0) is 13.3. The molecule has 0 amide bonds. The summed E-state index contributed by atoms with van der Waals surface area (Å²) in [4.78, 5) is 0. The van der Waals surface area contributed by atoms with Crippen LogP contribution in [-0.4, -0.2) is 20.1 Å². The monoisotopic (exact) mass is 253 g/mol. The lowest BCUT2D eigenvalue weighted by Crippen LogP contribution is -2.15. The van der Waals surface area contributed by atoms with Crippen molar-refractivity contribution in [3.63, 3.8) is 0 Å². The van der Waals surface area contributed by atoms with Gasteiger partial charge in [0.15, 0.2) is 0 Å². The molecule has 0 spiro atoms. The zero-order valence-electron chi connectivity index (χ0n) is 10.1. The van der Waals surface area contributed by atoms with Crippen LogP contribution in [0.2, 0.25) is 0 Å². The molecule has 0 unspecified atom stereocenters. The minimum absolute atomic E-state index is 0.192. The van der Waals surface area contributed by atoms with E-state index in [1.807, 2.05) is 0 Å². The Balaban J connectivity index is 2.21. The third-order valence-electron chi connectivity index (χ3n) is 2.43. The van der Waals surface area contributed by atoms with Crippen molar-refractivity contribution in [1.82, 2.24) is 15.0 Å². The fourth-order valence-electron chi connectivity index (χ4n) is 1.55. The molecule has 1 heterocycles. The van der Waals surface area contributed by atoms with E-state index < -0.39 is 17.2 Å². The third-order valence-corrected chi connectivity index (χ3v) is 2.43. The first-order valence-corrected chi connectivity index (χ1v) is 5.42. The van der Waals surface area contributed by atoms with Crippen molar-refractivity contribution >= 4 is 0 Å². The maximum atomic E-state index is 13.0. The first-order chi connectivity index (χ1) is 8.34. The van der Waals surface area contributed by atoms with Crippen LogP contribution >= 0.6 is 0 Å². The molecule has 0 fully saturated rings. The molecule has 0 aliphatic heterocycles. The molecule has 2 aromatic rings. The lowest BCUT2D eigenvalue weighted by Gasteiger charge is -2.11. The third kappa shape index (κ3) is 2.89. The maximum Gasteiger partial charge on any atom is 0.126 e. The predicted molar refractivity (Wildman–Crippen MR) is 60.7 cm³/mol. The lowest BCUT2D eigenvalue weighted by atomic mass is 10.1. The summed E-state index contributed by atoms with van der Waals surface area (Å²) in [5.41, 5.74) is -0.245. The molecular formula is C12H13F2N3O. The Labute approximate surface area is 103 Å². The summed E-state index contributed by atoms with van der Waals surface area (Å²) in [6.45, 7) is 3.37. The molecule has 1 aromatic heterocycles. The Morgan fingerprint density at radius 3 is 2.33 bits per heavy atom. The molecule has 1 aromatic carbocycles. The van der Waals surface area contributed by atoms with Crippen molar-refractivity contribution in [2.45, 2.75) is 26.0 Å². The zero-order valence-corrected chi connectivity index (χ0v) is 10.1. The standard InChI is InChI=1S/C12H13F2N3O/c1-12(2,18)11-7-17(16-15-11)6-8-3-9(13)5-10(14)4-8/h3-5,7,18H,6H2,1-2H3. The fraction of sp³-hybridized carbons (Fsp3) is 0.333. The van der Waals surface area contributed by atoms with E-state index in [0.29, 0.717) is 11.3 Å². The molecule has 6 heteroatoms. The molecule has 96 valence electrons. The molecule has 0 saturated carbocycles. The highest BCUT2D eigenvalue weighted by Crippen LogP contribution is 2.16. The van der Waals surface area contributed by atoms with Crippen LogP contribution in [0.5, 0.6) is 0 Å². The Morgan fingerprint density at radius 2 is 1.83 bits per heavy atom. The van der Waals surface area contributed by atoms with Crippen molar-refractivity contribution < 1.29 is 13.9 Å². The molecule has 0 radical (unpaired) electrons. The highest BCUT2D eigenvalue weighted by atomic mass is 19.1. The van der Waals surface area contributed by atoms with E-state index in [4.69, 9.17) is 0 Å². The molecule has 18 heavy (non-hydrogen) atoms. The molecule has 0 aliphatic carbocycles. The van der Waals surface area contributed by atoms with Gasteiger partial charge in [0.05, 0.1) is 12.7 Å². The van der Waals surface area contributed by atoms with Gasteiger partial charge in [0.25, 0.3) is 0 Å². The van der Waals surface area contributed by atoms with Gasteiger partial charge in [0, 0.05) is 6.07 Å². The summed E-state index contributed by atoms with van der Waals surface area (Å²) < 4.78 is 27.4. The molecule has 0 bridgehead atoms. The highest BCUT2D eigenvalue weighted by Gasteiger charge is 2.20. The van der Waals surface area contributed by atoms with E-state index in [0.717, 1.165) is 6.07 Å². The molecular weight excluding hydrogens is 240 g/mol. The molecule has 2 rings (SSSR count). The number of benzene rings is 1. The van der Waals surface area contributed by atoms with Crippen molar-refractivity contribution in [2.24, 2.45) is 0 Å². The average molecular weight is 253 g/mol. The summed E-state index contributed by atoms with van der Waals surface area (Å²) in [6, 6.07) is 3.27. The Kier molecular flexibility index (Phi) is 3.13. The van der Waals surface area contributed by atoms with Crippen molar-refractivity contribution in [2.75, 3.05) is 0 Å². The van der Waals surface area contributed by atoms with E-state index in [1.165, 1.54) is 16.8 Å². The summed E-state index contributed by atoms with van der Waals surface area (Å²) in [5.74, 6) is -1.26. The largest absolute Gasteiger partial charge is 0.384 e. The van der Waals surface area contributed by atoms with Gasteiger partial charge in [-0.3, -0.25) is 0 Å². The Hall–Kier alpha value is -1.82. The van der Waals surface area contributed by atoms with Gasteiger partial charge < -0.3 is 5.11 Å². The minimum Gasteiger partial charge on any atom is -0.384 e. The van der Waals surface area contributed by atoms with E-state index >= 15 is 0 Å². The second-order valence-corrected chi connectivity index (χ2v) is 4.64. The number of nitrogens with zero attached hydrogens (tertiary/aromatic N) is 3. The summed E-state index contributed by atoms with van der Waals surface area (Å²) in [6.07, 6.45) is 1.54. The number of rotatable bonds is 3. The second-order valence-electron chi connectivity index (χ2n) is 4.64. The van der Waals surface area contributed by atoms with Crippen LogP contribution in [-0.2, 0) is 12.1 Å². The van der Waals surface area contributed by atoms with Gasteiger partial charge >= 0.3 is 0 Å². The van der Waals surface area contributed by atoms with Crippen LogP contribution in [0.25, 0.3) is 0 Å². The second kappa shape index (κ2) is 4.45. The lowest BCUT2D eigenvalue weighted by molar-refractivity contribution is 0.0737. The Bertz CT molecular complexity index is 540. The van der Waals surface area contributed by atoms with E-state index in [-0.39, 0.29) is 6.54 Å². The number of hydrogen-bond donors (Lipinski definition) is 1. The van der Waals surface area contributed by atoms with Gasteiger partial charge in [-0.05, 0) is 31.5 Å². The highest BCUT2D eigenvalue weighted by molar-refractivity contribution is 5.18. The van der Waals surface area contributed by atoms with Crippen LogP contribution in [0.15, 0.2) is 24.4 Å². The normalized spacial score (nSPS) is 11.8. The summed E-state index contributed by atoms with van der Waals surface area (Å²) >= 11 is 0. The van der Waals surface area contributed by atoms with Gasteiger partial charge in [0.2, 0.25) is 0 Å². The molecule has 1 N–H and O–H groups in total. The summed E-state index contributed by atoms with van der Waals surface area (Å²) in [7, 11) is 0. The molecule has 0 saturated heterocycles. The predicted octanol–water partition coefficient (Wildman–Crippen LogP) is 1.83.